The number of aromatic nitrogens is 2. The van der Waals surface area contributed by atoms with Gasteiger partial charge in [-0.1, -0.05) is 41.1 Å². The molecule has 3 aromatic rings. The third-order valence-corrected chi connectivity index (χ3v) is 6.12. The fourth-order valence-electron chi connectivity index (χ4n) is 3.42. The zero-order valence-corrected chi connectivity index (χ0v) is 17.9. The van der Waals surface area contributed by atoms with Gasteiger partial charge in [0.25, 0.3) is 0 Å². The van der Waals surface area contributed by atoms with Crippen LogP contribution in [0.5, 0.6) is 0 Å². The van der Waals surface area contributed by atoms with Crippen molar-refractivity contribution in [2.75, 3.05) is 38.0 Å². The molecule has 1 fully saturated rings. The molecular formula is C21H22ClN5O2S. The Labute approximate surface area is 183 Å². The molecule has 1 saturated heterocycles. The zero-order valence-electron chi connectivity index (χ0n) is 16.3. The first-order chi connectivity index (χ1) is 14.6. The molecular weight excluding hydrogens is 422 g/mol. The van der Waals surface area contributed by atoms with Crippen molar-refractivity contribution in [2.45, 2.75) is 6.67 Å². The van der Waals surface area contributed by atoms with E-state index in [0.717, 1.165) is 37.6 Å². The maximum Gasteiger partial charge on any atom is 0.308 e. The number of piperazine rings is 1. The summed E-state index contributed by atoms with van der Waals surface area (Å²) in [4.78, 5) is 33.4. The summed E-state index contributed by atoms with van der Waals surface area (Å²) in [5.41, 5.74) is 2.26. The van der Waals surface area contributed by atoms with Crippen molar-refractivity contribution in [1.82, 2.24) is 19.4 Å². The molecule has 30 heavy (non-hydrogen) atoms. The third-order valence-electron chi connectivity index (χ3n) is 5.03. The molecule has 156 valence electrons. The second kappa shape index (κ2) is 9.53. The number of para-hydroxylation sites is 1. The Hall–Kier alpha value is -2.52. The Morgan fingerprint density at radius 3 is 2.53 bits per heavy atom. The molecule has 1 aliphatic heterocycles. The van der Waals surface area contributed by atoms with Gasteiger partial charge < -0.3 is 5.32 Å². The topological polar surface area (TPSA) is 70.5 Å². The highest BCUT2D eigenvalue weighted by molar-refractivity contribution is 7.07. The lowest BCUT2D eigenvalue weighted by Gasteiger charge is -2.34. The summed E-state index contributed by atoms with van der Waals surface area (Å²) in [5.74, 6) is -0.0805. The molecule has 4 rings (SSSR count). The van der Waals surface area contributed by atoms with E-state index in [1.807, 2.05) is 35.7 Å². The lowest BCUT2D eigenvalue weighted by Crippen LogP contribution is -2.49. The van der Waals surface area contributed by atoms with Crippen LogP contribution < -0.4 is 10.2 Å². The summed E-state index contributed by atoms with van der Waals surface area (Å²) in [6.07, 6.45) is 1.73. The number of carbonyl (C=O) groups is 1. The average Bonchev–Trinajstić information content (AvgIpc) is 3.12. The van der Waals surface area contributed by atoms with Crippen LogP contribution >= 0.6 is 22.9 Å². The van der Waals surface area contributed by atoms with Crippen molar-refractivity contribution < 1.29 is 4.79 Å². The standard InChI is InChI=1S/C21H22ClN5O2S/c22-16-5-1-2-6-17(16)24-20(28)13-25-9-11-26(12-10-25)15-27-19(14-30-21(27)29)18-7-3-4-8-23-18/h1-8,14H,9-13,15H2,(H,24,28). The van der Waals surface area contributed by atoms with Crippen LogP contribution in [0.1, 0.15) is 0 Å². The van der Waals surface area contributed by atoms with Crippen LogP contribution in [0.4, 0.5) is 5.69 Å². The van der Waals surface area contributed by atoms with Gasteiger partial charge in [-0.25, -0.2) is 0 Å². The number of hydrogen-bond acceptors (Lipinski definition) is 6. The quantitative estimate of drug-likeness (QED) is 0.634. The van der Waals surface area contributed by atoms with E-state index in [9.17, 15) is 9.59 Å². The van der Waals surface area contributed by atoms with Gasteiger partial charge in [-0.2, -0.15) is 0 Å². The van der Waals surface area contributed by atoms with Crippen LogP contribution in [0.25, 0.3) is 11.4 Å². The monoisotopic (exact) mass is 443 g/mol. The first kappa shape index (κ1) is 20.7. The number of hydrogen-bond donors (Lipinski definition) is 1. The van der Waals surface area contributed by atoms with Gasteiger partial charge in [-0.05, 0) is 24.3 Å². The molecule has 0 bridgehead atoms. The smallest absolute Gasteiger partial charge is 0.308 e. The number of carbonyl (C=O) groups excluding carboxylic acids is 1. The largest absolute Gasteiger partial charge is 0.324 e. The Morgan fingerprint density at radius 1 is 1.07 bits per heavy atom. The van der Waals surface area contributed by atoms with E-state index in [0.29, 0.717) is 23.9 Å². The van der Waals surface area contributed by atoms with Crippen molar-refractivity contribution in [3.05, 3.63) is 68.7 Å². The second-order valence-corrected chi connectivity index (χ2v) is 8.32. The SMILES string of the molecule is O=C(CN1CCN(Cn2c(-c3ccccn3)csc2=O)CC1)Nc1ccccc1Cl. The molecule has 0 spiro atoms. The van der Waals surface area contributed by atoms with Gasteiger partial charge in [0, 0.05) is 37.8 Å². The van der Waals surface area contributed by atoms with Gasteiger partial charge in [0.05, 0.1) is 35.3 Å². The summed E-state index contributed by atoms with van der Waals surface area (Å²) >= 11 is 7.29. The highest BCUT2D eigenvalue weighted by Crippen LogP contribution is 2.20. The third kappa shape index (κ3) is 4.96. The molecule has 2 aromatic heterocycles. The van der Waals surface area contributed by atoms with Gasteiger partial charge in [0.15, 0.2) is 0 Å². The summed E-state index contributed by atoms with van der Waals surface area (Å²) in [5, 5.41) is 5.25. The number of rotatable bonds is 6. The first-order valence-corrected chi connectivity index (χ1v) is 10.9. The number of nitrogens with one attached hydrogen (secondary N) is 1. The molecule has 7 nitrogen and oxygen atoms in total. The molecule has 1 amide bonds. The number of halogens is 1. The number of benzene rings is 1. The Bertz CT molecular complexity index is 1060. The minimum Gasteiger partial charge on any atom is -0.324 e. The number of amides is 1. The Balaban J connectivity index is 1.32. The van der Waals surface area contributed by atoms with E-state index in [-0.39, 0.29) is 10.8 Å². The maximum absolute atomic E-state index is 12.4. The Morgan fingerprint density at radius 2 is 1.80 bits per heavy atom. The van der Waals surface area contributed by atoms with Crippen molar-refractivity contribution >= 4 is 34.5 Å². The van der Waals surface area contributed by atoms with E-state index >= 15 is 0 Å². The van der Waals surface area contributed by atoms with E-state index < -0.39 is 0 Å². The van der Waals surface area contributed by atoms with Crippen molar-refractivity contribution in [3.63, 3.8) is 0 Å². The minimum absolute atomic E-state index is 0.0113. The predicted molar refractivity (Wildman–Crippen MR) is 120 cm³/mol. The molecule has 9 heteroatoms. The highest BCUT2D eigenvalue weighted by Gasteiger charge is 2.21. The average molecular weight is 444 g/mol. The van der Waals surface area contributed by atoms with Crippen LogP contribution in [-0.2, 0) is 11.5 Å². The summed E-state index contributed by atoms with van der Waals surface area (Å²) in [7, 11) is 0. The molecule has 0 atom stereocenters. The van der Waals surface area contributed by atoms with Crippen LogP contribution in [0.15, 0.2) is 58.8 Å². The van der Waals surface area contributed by atoms with Crippen molar-refractivity contribution in [3.8, 4) is 11.4 Å². The molecule has 0 unspecified atom stereocenters. The summed E-state index contributed by atoms with van der Waals surface area (Å²) < 4.78 is 1.77. The molecule has 3 heterocycles. The summed E-state index contributed by atoms with van der Waals surface area (Å²) in [6.45, 7) is 3.92. The van der Waals surface area contributed by atoms with Crippen molar-refractivity contribution in [1.29, 1.82) is 0 Å². The minimum atomic E-state index is -0.0805. The molecule has 0 aliphatic carbocycles. The number of pyridine rings is 1. The molecule has 1 aliphatic rings. The van der Waals surface area contributed by atoms with E-state index in [1.165, 1.54) is 11.3 Å². The van der Waals surface area contributed by atoms with Crippen LogP contribution in [0.3, 0.4) is 0 Å². The Kier molecular flexibility index (Phi) is 6.59. The lowest BCUT2D eigenvalue weighted by atomic mass is 10.3. The first-order valence-electron chi connectivity index (χ1n) is 9.69. The maximum atomic E-state index is 12.4. The summed E-state index contributed by atoms with van der Waals surface area (Å²) in [6, 6.07) is 12.9. The van der Waals surface area contributed by atoms with Crippen LogP contribution in [0, 0.1) is 0 Å². The normalized spacial score (nSPS) is 15.2. The molecule has 1 aromatic carbocycles. The van der Waals surface area contributed by atoms with E-state index in [2.05, 4.69) is 20.1 Å². The number of thiazole rings is 1. The van der Waals surface area contributed by atoms with Crippen LogP contribution in [0.2, 0.25) is 5.02 Å². The predicted octanol–water partition coefficient (Wildman–Crippen LogP) is 2.84. The fourth-order valence-corrected chi connectivity index (χ4v) is 4.35. The van der Waals surface area contributed by atoms with E-state index in [1.54, 1.807) is 22.9 Å². The van der Waals surface area contributed by atoms with Gasteiger partial charge in [0.1, 0.15) is 0 Å². The molecule has 0 saturated carbocycles. The fraction of sp³-hybridized carbons (Fsp3) is 0.286. The second-order valence-electron chi connectivity index (χ2n) is 7.09. The molecule has 0 radical (unpaired) electrons. The van der Waals surface area contributed by atoms with Gasteiger partial charge in [-0.3, -0.25) is 28.9 Å². The lowest BCUT2D eigenvalue weighted by molar-refractivity contribution is -0.117. The number of anilines is 1. The highest BCUT2D eigenvalue weighted by atomic mass is 35.5. The van der Waals surface area contributed by atoms with Crippen LogP contribution in [-0.4, -0.2) is 58.0 Å². The zero-order chi connectivity index (χ0) is 20.9. The van der Waals surface area contributed by atoms with Gasteiger partial charge in [-0.15, -0.1) is 0 Å². The van der Waals surface area contributed by atoms with Gasteiger partial charge >= 0.3 is 4.87 Å². The van der Waals surface area contributed by atoms with Gasteiger partial charge in [0.2, 0.25) is 5.91 Å². The molecule has 1 N–H and O–H groups in total. The number of nitrogens with zero attached hydrogens (tertiary/aromatic N) is 4. The van der Waals surface area contributed by atoms with E-state index in [4.69, 9.17) is 11.6 Å². The van der Waals surface area contributed by atoms with Crippen molar-refractivity contribution in [2.24, 2.45) is 0 Å².